The molecule has 0 saturated heterocycles. The Morgan fingerprint density at radius 3 is 2.38 bits per heavy atom. The number of anilines is 1. The first kappa shape index (κ1) is 26.3. The minimum atomic E-state index is -0.320. The molecule has 0 spiro atoms. The molecule has 4 rings (SSSR count). The lowest BCUT2D eigenvalue weighted by molar-refractivity contribution is -0.111. The second kappa shape index (κ2) is 13.0. The minimum Gasteiger partial charge on any atom is -0.493 e. The van der Waals surface area contributed by atoms with Gasteiger partial charge >= 0.3 is 5.97 Å². The largest absolute Gasteiger partial charge is 0.493 e. The number of methoxy groups -OCH3 is 1. The van der Waals surface area contributed by atoms with Gasteiger partial charge in [0, 0.05) is 16.8 Å². The lowest BCUT2D eigenvalue weighted by Crippen LogP contribution is -2.20. The molecule has 0 heterocycles. The molecule has 1 amide bonds. The molecule has 0 radical (unpaired) electrons. The number of hydrogen-bond donors (Lipinski definition) is 1. The monoisotopic (exact) mass is 519 g/mol. The zero-order valence-corrected chi connectivity index (χ0v) is 21.5. The number of halogens is 1. The fourth-order valence-corrected chi connectivity index (χ4v) is 4.22. The van der Waals surface area contributed by atoms with Gasteiger partial charge in [-0.3, -0.25) is 4.79 Å². The number of hydrogen-bond acceptors (Lipinski definition) is 5. The van der Waals surface area contributed by atoms with Crippen LogP contribution < -0.4 is 14.8 Å². The van der Waals surface area contributed by atoms with Crippen LogP contribution in [0.1, 0.15) is 53.6 Å². The van der Waals surface area contributed by atoms with Crippen molar-refractivity contribution in [3.63, 3.8) is 0 Å². The molecule has 1 fully saturated rings. The molecule has 0 bridgehead atoms. The van der Waals surface area contributed by atoms with E-state index >= 15 is 0 Å². The van der Waals surface area contributed by atoms with Crippen LogP contribution in [0.4, 0.5) is 5.69 Å². The third-order valence-corrected chi connectivity index (χ3v) is 6.39. The van der Waals surface area contributed by atoms with Crippen molar-refractivity contribution in [2.24, 2.45) is 0 Å². The number of nitrogens with one attached hydrogen (secondary N) is 1. The summed E-state index contributed by atoms with van der Waals surface area (Å²) in [6.07, 6.45) is 8.40. The van der Waals surface area contributed by atoms with E-state index in [9.17, 15) is 9.59 Å². The minimum absolute atomic E-state index is 0.00787. The fourth-order valence-electron chi connectivity index (χ4n) is 4.10. The van der Waals surface area contributed by atoms with Crippen LogP contribution in [0.5, 0.6) is 11.5 Å². The zero-order valence-electron chi connectivity index (χ0n) is 20.7. The fraction of sp³-hybridized carbons (Fsp3) is 0.267. The molecule has 37 heavy (non-hydrogen) atoms. The summed E-state index contributed by atoms with van der Waals surface area (Å²) in [4.78, 5) is 24.8. The highest BCUT2D eigenvalue weighted by Crippen LogP contribution is 2.29. The van der Waals surface area contributed by atoms with Gasteiger partial charge in [0.15, 0.2) is 11.5 Å². The first-order valence-corrected chi connectivity index (χ1v) is 12.7. The topological polar surface area (TPSA) is 73.9 Å². The summed E-state index contributed by atoms with van der Waals surface area (Å²) in [5, 5.41) is 3.47. The van der Waals surface area contributed by atoms with Gasteiger partial charge in [-0.1, -0.05) is 36.2 Å². The van der Waals surface area contributed by atoms with Crippen molar-refractivity contribution in [2.75, 3.05) is 12.4 Å². The van der Waals surface area contributed by atoms with E-state index in [0.29, 0.717) is 34.4 Å². The molecule has 0 unspecified atom stereocenters. The van der Waals surface area contributed by atoms with Gasteiger partial charge in [0.2, 0.25) is 5.91 Å². The Kier molecular flexibility index (Phi) is 9.22. The lowest BCUT2D eigenvalue weighted by atomic mass is 9.98. The van der Waals surface area contributed by atoms with Gasteiger partial charge in [-0.2, -0.15) is 0 Å². The Morgan fingerprint density at radius 1 is 0.946 bits per heavy atom. The number of benzene rings is 3. The quantitative estimate of drug-likeness (QED) is 0.242. The van der Waals surface area contributed by atoms with Crippen molar-refractivity contribution in [1.29, 1.82) is 0 Å². The summed E-state index contributed by atoms with van der Waals surface area (Å²) in [5.74, 6) is 0.548. The number of amides is 1. The Morgan fingerprint density at radius 2 is 1.68 bits per heavy atom. The van der Waals surface area contributed by atoms with Crippen LogP contribution in [0.3, 0.4) is 0 Å². The average molecular weight is 520 g/mol. The van der Waals surface area contributed by atoms with Crippen LogP contribution in [0.25, 0.3) is 6.08 Å². The van der Waals surface area contributed by atoms with Crippen LogP contribution in [0, 0.1) is 0 Å². The van der Waals surface area contributed by atoms with Gasteiger partial charge < -0.3 is 19.5 Å². The maximum absolute atomic E-state index is 12.4. The van der Waals surface area contributed by atoms with Crippen molar-refractivity contribution >= 4 is 35.2 Å². The van der Waals surface area contributed by atoms with Crippen LogP contribution >= 0.6 is 11.6 Å². The van der Waals surface area contributed by atoms with E-state index in [1.807, 2.05) is 30.3 Å². The normalized spacial score (nSPS) is 13.8. The molecule has 3 aromatic rings. The molecule has 6 nitrogen and oxygen atoms in total. The van der Waals surface area contributed by atoms with Gasteiger partial charge in [0.1, 0.15) is 12.7 Å². The molecule has 7 heteroatoms. The van der Waals surface area contributed by atoms with Gasteiger partial charge in [0.05, 0.1) is 12.7 Å². The molecule has 192 valence electrons. The predicted octanol–water partition coefficient (Wildman–Crippen LogP) is 7.07. The second-order valence-corrected chi connectivity index (χ2v) is 9.33. The average Bonchev–Trinajstić information content (AvgIpc) is 2.92. The molecule has 0 aliphatic heterocycles. The summed E-state index contributed by atoms with van der Waals surface area (Å²) in [6.45, 7) is 0.377. The van der Waals surface area contributed by atoms with Crippen molar-refractivity contribution in [3.8, 4) is 11.5 Å². The molecule has 0 atom stereocenters. The molecule has 3 aromatic carbocycles. The standard InChI is InChI=1S/C30H30ClNO5/c1-35-28-19-21(9-17-27(28)36-20-22-7-13-24(31)14-8-22)10-18-29(33)32-25-15-11-23(12-16-25)30(34)37-26-5-3-2-4-6-26/h7-19,26H,2-6,20H2,1H3,(H,32,33). The zero-order chi connectivity index (χ0) is 26.0. The lowest BCUT2D eigenvalue weighted by Gasteiger charge is -2.21. The summed E-state index contributed by atoms with van der Waals surface area (Å²) in [6, 6.07) is 19.6. The Hall–Kier alpha value is -3.77. The van der Waals surface area contributed by atoms with Crippen molar-refractivity contribution in [3.05, 3.63) is 94.5 Å². The molecule has 1 aliphatic rings. The molecular weight excluding hydrogens is 490 g/mol. The number of carbonyl (C=O) groups is 2. The number of esters is 1. The van der Waals surface area contributed by atoms with E-state index in [1.165, 1.54) is 12.5 Å². The van der Waals surface area contributed by atoms with E-state index in [2.05, 4.69) is 5.32 Å². The summed E-state index contributed by atoms with van der Waals surface area (Å²) in [5.41, 5.74) is 2.84. The maximum Gasteiger partial charge on any atom is 0.338 e. The van der Waals surface area contributed by atoms with E-state index in [4.69, 9.17) is 25.8 Å². The van der Waals surface area contributed by atoms with Crippen molar-refractivity contribution < 1.29 is 23.8 Å². The summed E-state index contributed by atoms with van der Waals surface area (Å²) in [7, 11) is 1.57. The van der Waals surface area contributed by atoms with Gasteiger partial charge in [0.25, 0.3) is 0 Å². The van der Waals surface area contributed by atoms with Crippen LogP contribution in [0.15, 0.2) is 72.8 Å². The SMILES string of the molecule is COc1cc(C=CC(=O)Nc2ccc(C(=O)OC3CCCCC3)cc2)ccc1OCc1ccc(Cl)cc1. The Bertz CT molecular complexity index is 1230. The smallest absolute Gasteiger partial charge is 0.338 e. The van der Waals surface area contributed by atoms with Gasteiger partial charge in [-0.25, -0.2) is 4.79 Å². The first-order chi connectivity index (χ1) is 18.0. The van der Waals surface area contributed by atoms with Crippen LogP contribution in [-0.2, 0) is 16.1 Å². The molecule has 0 aromatic heterocycles. The third-order valence-electron chi connectivity index (χ3n) is 6.14. The highest BCUT2D eigenvalue weighted by molar-refractivity contribution is 6.30. The highest BCUT2D eigenvalue weighted by Gasteiger charge is 2.18. The molecule has 1 saturated carbocycles. The van der Waals surface area contributed by atoms with Crippen LogP contribution in [0.2, 0.25) is 5.02 Å². The second-order valence-electron chi connectivity index (χ2n) is 8.89. The maximum atomic E-state index is 12.4. The first-order valence-electron chi connectivity index (χ1n) is 12.4. The number of ether oxygens (including phenoxy) is 3. The summed E-state index contributed by atoms with van der Waals surface area (Å²) < 4.78 is 16.9. The van der Waals surface area contributed by atoms with E-state index in [1.54, 1.807) is 49.6 Å². The molecular formula is C30H30ClNO5. The third kappa shape index (κ3) is 7.86. The Labute approximate surface area is 222 Å². The van der Waals surface area contributed by atoms with E-state index in [-0.39, 0.29) is 18.0 Å². The molecule has 1 aliphatic carbocycles. The van der Waals surface area contributed by atoms with Crippen molar-refractivity contribution in [2.45, 2.75) is 44.8 Å². The van der Waals surface area contributed by atoms with E-state index in [0.717, 1.165) is 36.8 Å². The predicted molar refractivity (Wildman–Crippen MR) is 145 cm³/mol. The highest BCUT2D eigenvalue weighted by atomic mass is 35.5. The number of carbonyl (C=O) groups excluding carboxylic acids is 2. The van der Waals surface area contributed by atoms with Crippen molar-refractivity contribution in [1.82, 2.24) is 0 Å². The Balaban J connectivity index is 1.30. The summed E-state index contributed by atoms with van der Waals surface area (Å²) >= 11 is 5.93. The van der Waals surface area contributed by atoms with E-state index < -0.39 is 0 Å². The number of rotatable bonds is 9. The van der Waals surface area contributed by atoms with Crippen LogP contribution in [-0.4, -0.2) is 25.1 Å². The van der Waals surface area contributed by atoms with Gasteiger partial charge in [-0.05, 0) is 91.4 Å². The molecule has 1 N–H and O–H groups in total. The van der Waals surface area contributed by atoms with Gasteiger partial charge in [-0.15, -0.1) is 0 Å².